The number of hydrogen-bond donors (Lipinski definition) is 3. The molecule has 0 aromatic heterocycles. The van der Waals surface area contributed by atoms with Crippen molar-refractivity contribution in [2.45, 2.75) is 19.4 Å². The van der Waals surface area contributed by atoms with Crippen LogP contribution < -0.4 is 21.3 Å². The van der Waals surface area contributed by atoms with Crippen molar-refractivity contribution in [1.82, 2.24) is 5.32 Å². The third-order valence-electron chi connectivity index (χ3n) is 3.08. The van der Waals surface area contributed by atoms with Gasteiger partial charge < -0.3 is 16.4 Å². The van der Waals surface area contributed by atoms with Crippen molar-refractivity contribution >= 4 is 35.7 Å². The lowest BCUT2D eigenvalue weighted by atomic mass is 10.2. The minimum atomic E-state index is -0.496. The number of halogens is 1. The van der Waals surface area contributed by atoms with Crippen molar-refractivity contribution in [1.29, 1.82) is 0 Å². The monoisotopic (exact) mass is 298 g/mol. The fourth-order valence-corrected chi connectivity index (χ4v) is 1.86. The molecule has 0 aliphatic carbocycles. The molecule has 1 aliphatic rings. The molecule has 0 unspecified atom stereocenters. The maximum atomic E-state index is 11.6. The lowest BCUT2D eigenvalue weighted by Crippen LogP contribution is -2.34. The summed E-state index contributed by atoms with van der Waals surface area (Å²) in [4.78, 5) is 24.8. The fraction of sp³-hybridized carbons (Fsp3) is 0.385. The molecule has 1 aromatic carbocycles. The molecule has 4 N–H and O–H groups in total. The number of hydrogen-bond acceptors (Lipinski definition) is 3. The molecule has 3 amide bonds. The zero-order valence-electron chi connectivity index (χ0n) is 11.3. The van der Waals surface area contributed by atoms with E-state index in [9.17, 15) is 9.59 Å². The molecule has 1 saturated heterocycles. The minimum Gasteiger partial charge on any atom is -0.336 e. The summed E-state index contributed by atoms with van der Waals surface area (Å²) in [5.41, 5.74) is 7.13. The predicted molar refractivity (Wildman–Crippen MR) is 81.3 cm³/mol. The van der Waals surface area contributed by atoms with E-state index in [1.807, 2.05) is 6.92 Å². The molecular formula is C13H19ClN4O2. The minimum absolute atomic E-state index is 0. The Bertz CT molecular complexity index is 478. The van der Waals surface area contributed by atoms with Gasteiger partial charge in [-0.3, -0.25) is 9.69 Å². The highest BCUT2D eigenvalue weighted by atomic mass is 35.5. The Morgan fingerprint density at radius 3 is 2.60 bits per heavy atom. The summed E-state index contributed by atoms with van der Waals surface area (Å²) in [5.74, 6) is -0.200. The maximum Gasteiger partial charge on any atom is 0.321 e. The Labute approximate surface area is 124 Å². The summed E-state index contributed by atoms with van der Waals surface area (Å²) in [6.07, 6.45) is 0.595. The Morgan fingerprint density at radius 1 is 1.45 bits per heavy atom. The van der Waals surface area contributed by atoms with Crippen molar-refractivity contribution in [3.63, 3.8) is 0 Å². The molecule has 1 aliphatic heterocycles. The van der Waals surface area contributed by atoms with E-state index in [0.29, 0.717) is 25.2 Å². The molecule has 0 radical (unpaired) electrons. The van der Waals surface area contributed by atoms with Gasteiger partial charge in [0.15, 0.2) is 0 Å². The van der Waals surface area contributed by atoms with E-state index in [0.717, 1.165) is 5.69 Å². The molecule has 0 bridgehead atoms. The summed E-state index contributed by atoms with van der Waals surface area (Å²) in [6, 6.07) is 6.55. The van der Waals surface area contributed by atoms with Gasteiger partial charge in [0.25, 0.3) is 0 Å². The molecule has 6 nitrogen and oxygen atoms in total. The van der Waals surface area contributed by atoms with Gasteiger partial charge in [-0.05, 0) is 30.7 Å². The van der Waals surface area contributed by atoms with E-state index in [4.69, 9.17) is 5.73 Å². The summed E-state index contributed by atoms with van der Waals surface area (Å²) < 4.78 is 0. The highest BCUT2D eigenvalue weighted by Gasteiger charge is 2.20. The zero-order chi connectivity index (χ0) is 13.8. The average Bonchev–Trinajstić information content (AvgIpc) is 2.85. The molecule has 1 atom stereocenters. The zero-order valence-corrected chi connectivity index (χ0v) is 12.1. The van der Waals surface area contributed by atoms with Crippen LogP contribution >= 0.6 is 12.4 Å². The Balaban J connectivity index is 0.00000200. The quantitative estimate of drug-likeness (QED) is 0.783. The van der Waals surface area contributed by atoms with Crippen LogP contribution in [0, 0.1) is 0 Å². The second-order valence-corrected chi connectivity index (χ2v) is 4.43. The summed E-state index contributed by atoms with van der Waals surface area (Å²) in [5, 5.41) is 5.48. The largest absolute Gasteiger partial charge is 0.336 e. The van der Waals surface area contributed by atoms with Gasteiger partial charge in [0, 0.05) is 24.5 Å². The molecule has 0 spiro atoms. The van der Waals surface area contributed by atoms with Gasteiger partial charge in [0.2, 0.25) is 5.91 Å². The van der Waals surface area contributed by atoms with Crippen molar-refractivity contribution in [3.05, 3.63) is 24.3 Å². The Morgan fingerprint density at radius 2 is 2.10 bits per heavy atom. The Kier molecular flexibility index (Phi) is 5.79. The van der Waals surface area contributed by atoms with Crippen molar-refractivity contribution in [3.8, 4) is 0 Å². The number of nitrogens with two attached hydrogens (primary N) is 1. The average molecular weight is 299 g/mol. The molecule has 110 valence electrons. The molecule has 1 heterocycles. The topological polar surface area (TPSA) is 87.5 Å². The van der Waals surface area contributed by atoms with Crippen LogP contribution in [-0.2, 0) is 4.79 Å². The molecule has 7 heteroatoms. The van der Waals surface area contributed by atoms with E-state index in [-0.39, 0.29) is 24.3 Å². The van der Waals surface area contributed by atoms with E-state index < -0.39 is 6.04 Å². The van der Waals surface area contributed by atoms with Gasteiger partial charge in [-0.2, -0.15) is 0 Å². The van der Waals surface area contributed by atoms with E-state index in [2.05, 4.69) is 10.6 Å². The van der Waals surface area contributed by atoms with Crippen LogP contribution in [0.4, 0.5) is 16.2 Å². The number of carbonyl (C=O) groups is 2. The first kappa shape index (κ1) is 16.3. The third-order valence-corrected chi connectivity index (χ3v) is 3.08. The third kappa shape index (κ3) is 3.61. The van der Waals surface area contributed by atoms with E-state index in [1.54, 1.807) is 29.2 Å². The number of nitrogens with one attached hydrogen (secondary N) is 2. The number of benzene rings is 1. The lowest BCUT2D eigenvalue weighted by Gasteiger charge is -2.15. The number of amides is 3. The predicted octanol–water partition coefficient (Wildman–Crippen LogP) is 1.31. The van der Waals surface area contributed by atoms with E-state index in [1.165, 1.54) is 0 Å². The molecule has 1 aromatic rings. The molecule has 20 heavy (non-hydrogen) atoms. The van der Waals surface area contributed by atoms with Crippen LogP contribution in [0.2, 0.25) is 0 Å². The SMILES string of the molecule is CC[C@H](N)C(=O)Nc1ccc(N2CCNC2=O)cc1.Cl. The summed E-state index contributed by atoms with van der Waals surface area (Å²) >= 11 is 0. The van der Waals surface area contributed by atoms with Crippen LogP contribution in [0.25, 0.3) is 0 Å². The molecule has 0 saturated carbocycles. The van der Waals surface area contributed by atoms with Crippen molar-refractivity contribution < 1.29 is 9.59 Å². The first-order chi connectivity index (χ1) is 9.11. The molecule has 2 rings (SSSR count). The smallest absolute Gasteiger partial charge is 0.321 e. The van der Waals surface area contributed by atoms with Gasteiger partial charge >= 0.3 is 6.03 Å². The number of nitrogens with zero attached hydrogens (tertiary/aromatic N) is 1. The number of rotatable bonds is 4. The van der Waals surface area contributed by atoms with Gasteiger partial charge in [0.05, 0.1) is 6.04 Å². The maximum absolute atomic E-state index is 11.6. The molecule has 1 fully saturated rings. The lowest BCUT2D eigenvalue weighted by molar-refractivity contribution is -0.117. The highest BCUT2D eigenvalue weighted by molar-refractivity contribution is 5.96. The van der Waals surface area contributed by atoms with E-state index >= 15 is 0 Å². The van der Waals surface area contributed by atoms with Crippen LogP contribution in [0.5, 0.6) is 0 Å². The highest BCUT2D eigenvalue weighted by Crippen LogP contribution is 2.19. The number of carbonyl (C=O) groups excluding carboxylic acids is 2. The van der Waals surface area contributed by atoms with Gasteiger partial charge in [-0.1, -0.05) is 6.92 Å². The van der Waals surface area contributed by atoms with Gasteiger partial charge in [0.1, 0.15) is 0 Å². The normalized spacial score (nSPS) is 15.3. The van der Waals surface area contributed by atoms with Crippen LogP contribution in [0.15, 0.2) is 24.3 Å². The second-order valence-electron chi connectivity index (χ2n) is 4.43. The Hall–Kier alpha value is -1.79. The van der Waals surface area contributed by atoms with Crippen LogP contribution in [0.1, 0.15) is 13.3 Å². The second kappa shape index (κ2) is 7.12. The summed E-state index contributed by atoms with van der Waals surface area (Å²) in [7, 11) is 0. The van der Waals surface area contributed by atoms with Gasteiger partial charge in [-0.15, -0.1) is 12.4 Å². The van der Waals surface area contributed by atoms with Crippen molar-refractivity contribution in [2.24, 2.45) is 5.73 Å². The van der Waals surface area contributed by atoms with Crippen LogP contribution in [-0.4, -0.2) is 31.1 Å². The fourth-order valence-electron chi connectivity index (χ4n) is 1.86. The number of anilines is 2. The number of urea groups is 1. The first-order valence-electron chi connectivity index (χ1n) is 6.33. The van der Waals surface area contributed by atoms with Gasteiger partial charge in [-0.25, -0.2) is 4.79 Å². The summed E-state index contributed by atoms with van der Waals surface area (Å²) in [6.45, 7) is 3.17. The van der Waals surface area contributed by atoms with Crippen molar-refractivity contribution in [2.75, 3.05) is 23.3 Å². The standard InChI is InChI=1S/C13H18N4O2.ClH/c1-2-11(14)12(18)16-9-3-5-10(6-4-9)17-8-7-15-13(17)19;/h3-6,11H,2,7-8,14H2,1H3,(H,15,19)(H,16,18);1H/t11-;/m0./s1. The molecular weight excluding hydrogens is 280 g/mol. The van der Waals surface area contributed by atoms with Crippen LogP contribution in [0.3, 0.4) is 0 Å². The first-order valence-corrected chi connectivity index (χ1v) is 6.33.